The molecule has 154 valence electrons. The molecule has 1 aliphatic heterocycles. The quantitative estimate of drug-likeness (QED) is 0.718. The van der Waals surface area contributed by atoms with Gasteiger partial charge in [0.25, 0.3) is 11.8 Å². The van der Waals surface area contributed by atoms with Crippen LogP contribution in [0, 0.1) is 5.92 Å². The highest BCUT2D eigenvalue weighted by Crippen LogP contribution is 2.35. The van der Waals surface area contributed by atoms with Crippen LogP contribution in [0.15, 0.2) is 59.1 Å². The first-order valence-corrected chi connectivity index (χ1v) is 10.3. The molecule has 3 atom stereocenters. The molecular formula is C23H23N3O4. The Balaban J connectivity index is 1.45. The highest BCUT2D eigenvalue weighted by atomic mass is 16.5. The topological polar surface area (TPSA) is 88.7 Å². The Morgan fingerprint density at radius 3 is 2.73 bits per heavy atom. The normalized spacial score (nSPS) is 23.4. The molecule has 0 spiro atoms. The van der Waals surface area contributed by atoms with E-state index in [1.807, 2.05) is 53.4 Å². The molecule has 1 N–H and O–H groups in total. The first-order chi connectivity index (χ1) is 14.7. The number of aliphatic hydroxyl groups is 1. The summed E-state index contributed by atoms with van der Waals surface area (Å²) in [5.41, 5.74) is 2.01. The summed E-state index contributed by atoms with van der Waals surface area (Å²) in [5, 5.41) is 13.6. The maximum Gasteiger partial charge on any atom is 0.259 e. The Hall–Kier alpha value is -3.03. The maximum absolute atomic E-state index is 13.5. The van der Waals surface area contributed by atoms with Crippen LogP contribution in [0.3, 0.4) is 0 Å². The van der Waals surface area contributed by atoms with Crippen molar-refractivity contribution < 1.29 is 19.2 Å². The zero-order valence-corrected chi connectivity index (χ0v) is 16.5. The van der Waals surface area contributed by atoms with E-state index in [0.717, 1.165) is 18.4 Å². The molecule has 1 saturated heterocycles. The fourth-order valence-corrected chi connectivity index (χ4v) is 4.50. The Kier molecular flexibility index (Phi) is 5.06. The van der Waals surface area contributed by atoms with E-state index < -0.39 is 0 Å². The van der Waals surface area contributed by atoms with E-state index in [1.165, 1.54) is 0 Å². The van der Waals surface area contributed by atoms with Crippen LogP contribution < -0.4 is 0 Å². The predicted molar refractivity (Wildman–Crippen MR) is 110 cm³/mol. The van der Waals surface area contributed by atoms with Gasteiger partial charge in [-0.3, -0.25) is 4.79 Å². The maximum atomic E-state index is 13.5. The van der Waals surface area contributed by atoms with Crippen LogP contribution in [0.1, 0.15) is 23.2 Å². The van der Waals surface area contributed by atoms with E-state index in [-0.39, 0.29) is 30.6 Å². The predicted octanol–water partition coefficient (Wildman–Crippen LogP) is 3.02. The summed E-state index contributed by atoms with van der Waals surface area (Å²) in [4.78, 5) is 19.9. The Morgan fingerprint density at radius 1 is 1.10 bits per heavy atom. The summed E-state index contributed by atoms with van der Waals surface area (Å²) in [6, 6.07) is 16.9. The number of rotatable bonds is 4. The van der Waals surface area contributed by atoms with Crippen molar-refractivity contribution in [1.29, 1.82) is 0 Å². The lowest BCUT2D eigenvalue weighted by atomic mass is 10.0. The molecule has 7 nitrogen and oxygen atoms in total. The molecule has 0 radical (unpaired) electrons. The molecule has 2 heterocycles. The number of carbonyl (C=O) groups excluding carboxylic acids is 1. The van der Waals surface area contributed by atoms with E-state index in [9.17, 15) is 9.90 Å². The third-order valence-corrected chi connectivity index (χ3v) is 6.00. The van der Waals surface area contributed by atoms with Gasteiger partial charge in [-0.2, -0.15) is 4.98 Å². The van der Waals surface area contributed by atoms with Crippen LogP contribution in [0.2, 0.25) is 0 Å². The summed E-state index contributed by atoms with van der Waals surface area (Å²) >= 11 is 0. The second-order valence-corrected chi connectivity index (χ2v) is 7.83. The van der Waals surface area contributed by atoms with E-state index >= 15 is 0 Å². The van der Waals surface area contributed by atoms with Crippen LogP contribution in [0.5, 0.6) is 0 Å². The summed E-state index contributed by atoms with van der Waals surface area (Å²) in [7, 11) is 0. The van der Waals surface area contributed by atoms with Crippen molar-refractivity contribution in [3.05, 3.63) is 60.2 Å². The van der Waals surface area contributed by atoms with E-state index in [1.54, 1.807) is 6.07 Å². The number of hydrogen-bond acceptors (Lipinski definition) is 6. The molecule has 2 fully saturated rings. The fraction of sp³-hybridized carbons (Fsp3) is 0.348. The number of benzene rings is 2. The standard InChI is InChI=1S/C23H23N3O4/c27-14-15-12-19-20(13-15)29-11-10-26(19)23(28)18-9-5-4-8-17(18)22-24-21(25-30-22)16-6-2-1-3-7-16/h1-9,15,19-20,27H,10-14H2/t15-,19+,20?/m1/s1. The van der Waals surface area contributed by atoms with Gasteiger partial charge in [-0.1, -0.05) is 47.6 Å². The number of aromatic nitrogens is 2. The Labute approximate surface area is 174 Å². The highest BCUT2D eigenvalue weighted by Gasteiger charge is 2.43. The van der Waals surface area contributed by atoms with E-state index in [2.05, 4.69) is 10.1 Å². The lowest BCUT2D eigenvalue weighted by molar-refractivity contribution is -0.0448. The van der Waals surface area contributed by atoms with Gasteiger partial charge < -0.3 is 19.3 Å². The third-order valence-electron chi connectivity index (χ3n) is 6.00. The van der Waals surface area contributed by atoms with Gasteiger partial charge in [-0.15, -0.1) is 0 Å². The van der Waals surface area contributed by atoms with Crippen molar-refractivity contribution in [3.8, 4) is 22.8 Å². The average molecular weight is 405 g/mol. The molecule has 1 saturated carbocycles. The zero-order valence-electron chi connectivity index (χ0n) is 16.5. The lowest BCUT2D eigenvalue weighted by Gasteiger charge is -2.37. The van der Waals surface area contributed by atoms with Crippen molar-refractivity contribution in [2.24, 2.45) is 5.92 Å². The largest absolute Gasteiger partial charge is 0.396 e. The molecule has 1 aliphatic carbocycles. The third kappa shape index (κ3) is 3.40. The van der Waals surface area contributed by atoms with Crippen LogP contribution in [0.4, 0.5) is 0 Å². The summed E-state index contributed by atoms with van der Waals surface area (Å²) in [5.74, 6) is 0.915. The number of aliphatic hydroxyl groups excluding tert-OH is 1. The first kappa shape index (κ1) is 19.0. The summed E-state index contributed by atoms with van der Waals surface area (Å²) < 4.78 is 11.4. The molecule has 3 aromatic rings. The minimum absolute atomic E-state index is 0.0138. The van der Waals surface area contributed by atoms with Crippen molar-refractivity contribution in [3.63, 3.8) is 0 Å². The van der Waals surface area contributed by atoms with Gasteiger partial charge in [0.2, 0.25) is 5.82 Å². The molecule has 1 amide bonds. The van der Waals surface area contributed by atoms with Crippen molar-refractivity contribution in [2.45, 2.75) is 25.0 Å². The molecule has 7 heteroatoms. The van der Waals surface area contributed by atoms with E-state index in [4.69, 9.17) is 9.26 Å². The van der Waals surface area contributed by atoms with Gasteiger partial charge in [0, 0.05) is 18.7 Å². The second kappa shape index (κ2) is 8.01. The SMILES string of the molecule is O=C(c1ccccc1-c1nc(-c2ccccc2)no1)N1CCOC2C[C@H](CO)C[C@@H]21. The minimum Gasteiger partial charge on any atom is -0.396 e. The number of ether oxygens (including phenoxy) is 1. The molecule has 2 aliphatic rings. The van der Waals surface area contributed by atoms with Crippen molar-refractivity contribution >= 4 is 5.91 Å². The molecular weight excluding hydrogens is 382 g/mol. The Bertz CT molecular complexity index is 1040. The smallest absolute Gasteiger partial charge is 0.259 e. The number of morpholine rings is 1. The van der Waals surface area contributed by atoms with Gasteiger partial charge in [0.15, 0.2) is 0 Å². The number of nitrogens with zero attached hydrogens (tertiary/aromatic N) is 3. The monoisotopic (exact) mass is 405 g/mol. The first-order valence-electron chi connectivity index (χ1n) is 10.3. The number of hydrogen-bond donors (Lipinski definition) is 1. The highest BCUT2D eigenvalue weighted by molar-refractivity contribution is 6.00. The van der Waals surface area contributed by atoms with Gasteiger partial charge in [-0.25, -0.2) is 0 Å². The number of fused-ring (bicyclic) bond motifs is 1. The molecule has 1 unspecified atom stereocenters. The van der Waals surface area contributed by atoms with Gasteiger partial charge in [0.1, 0.15) is 0 Å². The average Bonchev–Trinajstić information content (AvgIpc) is 3.46. The van der Waals surface area contributed by atoms with Gasteiger partial charge in [0.05, 0.1) is 29.9 Å². The van der Waals surface area contributed by atoms with Crippen LogP contribution >= 0.6 is 0 Å². The molecule has 0 bridgehead atoms. The zero-order chi connectivity index (χ0) is 20.5. The minimum atomic E-state index is -0.0676. The van der Waals surface area contributed by atoms with Gasteiger partial charge >= 0.3 is 0 Å². The molecule has 2 aromatic carbocycles. The fourth-order valence-electron chi connectivity index (χ4n) is 4.50. The van der Waals surface area contributed by atoms with Gasteiger partial charge in [-0.05, 0) is 30.9 Å². The summed E-state index contributed by atoms with van der Waals surface area (Å²) in [6.45, 7) is 1.16. The van der Waals surface area contributed by atoms with Crippen molar-refractivity contribution in [2.75, 3.05) is 19.8 Å². The molecule has 5 rings (SSSR count). The molecule has 1 aromatic heterocycles. The summed E-state index contributed by atoms with van der Waals surface area (Å²) in [6.07, 6.45) is 1.53. The van der Waals surface area contributed by atoms with Crippen LogP contribution in [0.25, 0.3) is 22.8 Å². The Morgan fingerprint density at radius 2 is 1.90 bits per heavy atom. The lowest BCUT2D eigenvalue weighted by Crippen LogP contribution is -2.51. The second-order valence-electron chi connectivity index (χ2n) is 7.83. The van der Waals surface area contributed by atoms with Crippen LogP contribution in [-0.2, 0) is 4.74 Å². The van der Waals surface area contributed by atoms with Crippen molar-refractivity contribution in [1.82, 2.24) is 15.0 Å². The van der Waals surface area contributed by atoms with Crippen LogP contribution in [-0.4, -0.2) is 58.0 Å². The molecule has 30 heavy (non-hydrogen) atoms. The number of carbonyl (C=O) groups is 1. The number of amides is 1. The van der Waals surface area contributed by atoms with E-state index in [0.29, 0.717) is 36.0 Å².